The van der Waals surface area contributed by atoms with Gasteiger partial charge < -0.3 is 10.6 Å². The number of carbonyl (C=O) groups is 2. The standard InChI is InChI=1S/C21H15FN4O2S2/c1-12-18(30-21(24-12)17-6-4-10-29-17)20(28)26-16-11-13(22)7-8-14(16)25-19(27)15-5-2-3-9-23-15/h2-11H,1H3,(H,25,27)(H,26,28). The van der Waals surface area contributed by atoms with Gasteiger partial charge in [-0.05, 0) is 48.7 Å². The van der Waals surface area contributed by atoms with Gasteiger partial charge in [-0.15, -0.1) is 22.7 Å². The second kappa shape index (κ2) is 8.52. The van der Waals surface area contributed by atoms with Crippen LogP contribution < -0.4 is 10.6 Å². The van der Waals surface area contributed by atoms with Gasteiger partial charge in [0.1, 0.15) is 21.4 Å². The molecule has 0 saturated heterocycles. The molecule has 30 heavy (non-hydrogen) atoms. The van der Waals surface area contributed by atoms with Crippen LogP contribution in [0.2, 0.25) is 0 Å². The molecule has 2 amide bonds. The molecule has 150 valence electrons. The van der Waals surface area contributed by atoms with Gasteiger partial charge in [0.05, 0.1) is 21.9 Å². The fourth-order valence-corrected chi connectivity index (χ4v) is 4.46. The minimum Gasteiger partial charge on any atom is -0.319 e. The molecule has 0 unspecified atom stereocenters. The van der Waals surface area contributed by atoms with Crippen molar-refractivity contribution in [2.24, 2.45) is 0 Å². The van der Waals surface area contributed by atoms with E-state index in [1.54, 1.807) is 25.1 Å². The molecule has 0 aliphatic carbocycles. The molecule has 0 atom stereocenters. The van der Waals surface area contributed by atoms with Gasteiger partial charge in [-0.2, -0.15) is 0 Å². The monoisotopic (exact) mass is 438 g/mol. The topological polar surface area (TPSA) is 84.0 Å². The number of aryl methyl sites for hydroxylation is 1. The second-order valence-corrected chi connectivity index (χ2v) is 8.17. The SMILES string of the molecule is Cc1nc(-c2cccs2)sc1C(=O)Nc1cc(F)ccc1NC(=O)c1ccccn1. The third-order valence-electron chi connectivity index (χ3n) is 4.11. The van der Waals surface area contributed by atoms with Crippen LogP contribution >= 0.6 is 22.7 Å². The van der Waals surface area contributed by atoms with E-state index < -0.39 is 17.6 Å². The number of thiophene rings is 1. The van der Waals surface area contributed by atoms with Crippen molar-refractivity contribution in [3.63, 3.8) is 0 Å². The summed E-state index contributed by atoms with van der Waals surface area (Å²) in [6.07, 6.45) is 1.50. The van der Waals surface area contributed by atoms with E-state index in [-0.39, 0.29) is 17.1 Å². The van der Waals surface area contributed by atoms with E-state index in [9.17, 15) is 14.0 Å². The van der Waals surface area contributed by atoms with Crippen LogP contribution in [0, 0.1) is 12.7 Å². The number of hydrogen-bond donors (Lipinski definition) is 2. The summed E-state index contributed by atoms with van der Waals surface area (Å²) in [6.45, 7) is 1.75. The fraction of sp³-hybridized carbons (Fsp3) is 0.0476. The molecule has 6 nitrogen and oxygen atoms in total. The lowest BCUT2D eigenvalue weighted by Crippen LogP contribution is -2.17. The first-order valence-electron chi connectivity index (χ1n) is 8.86. The quantitative estimate of drug-likeness (QED) is 0.448. The molecule has 9 heteroatoms. The largest absolute Gasteiger partial charge is 0.319 e. The molecule has 3 heterocycles. The van der Waals surface area contributed by atoms with E-state index in [1.807, 2.05) is 17.5 Å². The molecule has 2 N–H and O–H groups in total. The van der Waals surface area contributed by atoms with Gasteiger partial charge >= 0.3 is 0 Å². The van der Waals surface area contributed by atoms with Gasteiger partial charge in [-0.25, -0.2) is 9.37 Å². The molecule has 0 saturated carbocycles. The number of amides is 2. The zero-order chi connectivity index (χ0) is 21.1. The summed E-state index contributed by atoms with van der Waals surface area (Å²) in [6, 6.07) is 12.5. The predicted octanol–water partition coefficient (Wildman–Crippen LogP) is 5.22. The van der Waals surface area contributed by atoms with E-state index in [4.69, 9.17) is 0 Å². The number of anilines is 2. The molecular formula is C21H15FN4O2S2. The van der Waals surface area contributed by atoms with Gasteiger partial charge in [-0.3, -0.25) is 14.6 Å². The van der Waals surface area contributed by atoms with Crippen molar-refractivity contribution in [2.45, 2.75) is 6.92 Å². The number of nitrogens with zero attached hydrogens (tertiary/aromatic N) is 2. The summed E-state index contributed by atoms with van der Waals surface area (Å²) in [7, 11) is 0. The van der Waals surface area contributed by atoms with Crippen molar-refractivity contribution >= 4 is 45.9 Å². The molecule has 3 aromatic heterocycles. The fourth-order valence-electron chi connectivity index (χ4n) is 2.70. The van der Waals surface area contributed by atoms with Crippen LogP contribution in [-0.4, -0.2) is 21.8 Å². The molecule has 1 aromatic carbocycles. The number of carbonyl (C=O) groups excluding carboxylic acids is 2. The Morgan fingerprint density at radius 1 is 1.00 bits per heavy atom. The third kappa shape index (κ3) is 4.27. The predicted molar refractivity (Wildman–Crippen MR) is 117 cm³/mol. The number of rotatable bonds is 5. The third-order valence-corrected chi connectivity index (χ3v) is 6.31. The molecule has 4 aromatic rings. The Hall–Kier alpha value is -3.43. The maximum absolute atomic E-state index is 13.8. The zero-order valence-corrected chi connectivity index (χ0v) is 17.3. The lowest BCUT2D eigenvalue weighted by atomic mass is 10.2. The molecule has 0 fully saturated rings. The Kier molecular flexibility index (Phi) is 5.64. The summed E-state index contributed by atoms with van der Waals surface area (Å²) in [5.74, 6) is -1.43. The smallest absolute Gasteiger partial charge is 0.274 e. The maximum Gasteiger partial charge on any atom is 0.274 e. The zero-order valence-electron chi connectivity index (χ0n) is 15.7. The highest BCUT2D eigenvalue weighted by atomic mass is 32.1. The van der Waals surface area contributed by atoms with Crippen molar-refractivity contribution in [1.82, 2.24) is 9.97 Å². The van der Waals surface area contributed by atoms with Crippen LogP contribution in [-0.2, 0) is 0 Å². The molecule has 0 bridgehead atoms. The highest BCUT2D eigenvalue weighted by molar-refractivity contribution is 7.22. The maximum atomic E-state index is 13.8. The minimum atomic E-state index is -0.540. The van der Waals surface area contributed by atoms with Gasteiger partial charge in [0.2, 0.25) is 0 Å². The first kappa shape index (κ1) is 19.9. The highest BCUT2D eigenvalue weighted by Gasteiger charge is 2.19. The van der Waals surface area contributed by atoms with Crippen LogP contribution in [0.1, 0.15) is 25.9 Å². The van der Waals surface area contributed by atoms with Crippen LogP contribution in [0.5, 0.6) is 0 Å². The molecular weight excluding hydrogens is 423 g/mol. The lowest BCUT2D eigenvalue weighted by molar-refractivity contribution is 0.101. The molecule has 0 spiro atoms. The van der Waals surface area contributed by atoms with E-state index in [0.29, 0.717) is 10.6 Å². The van der Waals surface area contributed by atoms with Crippen molar-refractivity contribution in [3.8, 4) is 9.88 Å². The number of hydrogen-bond acceptors (Lipinski definition) is 6. The number of nitrogens with one attached hydrogen (secondary N) is 2. The molecule has 0 aliphatic heterocycles. The van der Waals surface area contributed by atoms with Crippen LogP contribution in [0.3, 0.4) is 0 Å². The molecule has 0 aliphatic rings. The van der Waals surface area contributed by atoms with Crippen LogP contribution in [0.25, 0.3) is 9.88 Å². The summed E-state index contributed by atoms with van der Waals surface area (Å²) in [4.78, 5) is 35.1. The molecule has 0 radical (unpaired) electrons. The normalized spacial score (nSPS) is 10.6. The van der Waals surface area contributed by atoms with Gasteiger partial charge in [0.25, 0.3) is 11.8 Å². The number of benzene rings is 1. The summed E-state index contributed by atoms with van der Waals surface area (Å²) in [5, 5.41) is 8.03. The van der Waals surface area contributed by atoms with Gasteiger partial charge in [0, 0.05) is 6.20 Å². The van der Waals surface area contributed by atoms with Crippen molar-refractivity contribution in [2.75, 3.05) is 10.6 Å². The van der Waals surface area contributed by atoms with Gasteiger partial charge in [-0.1, -0.05) is 12.1 Å². The average Bonchev–Trinajstić information content (AvgIpc) is 3.40. The highest BCUT2D eigenvalue weighted by Crippen LogP contribution is 2.32. The first-order valence-corrected chi connectivity index (χ1v) is 10.6. The summed E-state index contributed by atoms with van der Waals surface area (Å²) >= 11 is 2.80. The number of pyridine rings is 1. The Balaban J connectivity index is 1.58. The van der Waals surface area contributed by atoms with E-state index >= 15 is 0 Å². The average molecular weight is 439 g/mol. The number of halogens is 1. The number of thiazole rings is 1. The van der Waals surface area contributed by atoms with Crippen LogP contribution in [0.15, 0.2) is 60.1 Å². The Morgan fingerprint density at radius 2 is 1.83 bits per heavy atom. The second-order valence-electron chi connectivity index (χ2n) is 6.22. The van der Waals surface area contributed by atoms with E-state index in [0.717, 1.165) is 16.0 Å². The Labute approximate surface area is 179 Å². The van der Waals surface area contributed by atoms with Crippen molar-refractivity contribution in [3.05, 3.63) is 82.2 Å². The Bertz CT molecular complexity index is 1210. The number of aromatic nitrogens is 2. The van der Waals surface area contributed by atoms with E-state index in [2.05, 4.69) is 20.6 Å². The van der Waals surface area contributed by atoms with E-state index in [1.165, 1.54) is 41.0 Å². The summed E-state index contributed by atoms with van der Waals surface area (Å²) < 4.78 is 13.8. The first-order chi connectivity index (χ1) is 14.5. The summed E-state index contributed by atoms with van der Waals surface area (Å²) in [5.41, 5.74) is 1.20. The van der Waals surface area contributed by atoms with Crippen LogP contribution in [0.4, 0.5) is 15.8 Å². The minimum absolute atomic E-state index is 0.148. The van der Waals surface area contributed by atoms with Crippen molar-refractivity contribution < 1.29 is 14.0 Å². The van der Waals surface area contributed by atoms with Gasteiger partial charge in [0.15, 0.2) is 0 Å². The Morgan fingerprint density at radius 3 is 2.57 bits per heavy atom. The molecule has 4 rings (SSSR count). The van der Waals surface area contributed by atoms with Crippen molar-refractivity contribution in [1.29, 1.82) is 0 Å². The lowest BCUT2D eigenvalue weighted by Gasteiger charge is -2.12.